The standard InChI is InChI=1S/C21H24N2O5S/c1-14-11-19(15(2)23(14)17-7-8-17)20(24)13-28-21(25)16-5-3-6-18(12-16)22-9-4-10-29(22,26)27/h3,5-6,11-12,17H,4,7-10,13H2,1-2H3. The van der Waals surface area contributed by atoms with Gasteiger partial charge in [0.2, 0.25) is 15.8 Å². The fraction of sp³-hybridized carbons (Fsp3) is 0.429. The molecule has 2 aliphatic rings. The van der Waals surface area contributed by atoms with E-state index in [1.807, 2.05) is 19.9 Å². The summed E-state index contributed by atoms with van der Waals surface area (Å²) in [5.41, 5.74) is 3.20. The lowest BCUT2D eigenvalue weighted by Gasteiger charge is -2.17. The number of aromatic nitrogens is 1. The number of hydrogen-bond acceptors (Lipinski definition) is 5. The Labute approximate surface area is 170 Å². The maximum absolute atomic E-state index is 12.6. The van der Waals surface area contributed by atoms with Crippen molar-refractivity contribution in [3.8, 4) is 0 Å². The number of Topliss-reactive ketones (excluding diaryl/α,β-unsaturated/α-hetero) is 1. The van der Waals surface area contributed by atoms with Crippen LogP contribution in [0.2, 0.25) is 0 Å². The Bertz CT molecular complexity index is 1080. The van der Waals surface area contributed by atoms with Crippen LogP contribution in [0.25, 0.3) is 0 Å². The van der Waals surface area contributed by atoms with Gasteiger partial charge in [0, 0.05) is 29.5 Å². The Morgan fingerprint density at radius 3 is 2.59 bits per heavy atom. The second kappa shape index (κ2) is 7.33. The van der Waals surface area contributed by atoms with E-state index >= 15 is 0 Å². The Balaban J connectivity index is 1.44. The summed E-state index contributed by atoms with van der Waals surface area (Å²) < 4.78 is 32.9. The first kappa shape index (κ1) is 19.7. The molecule has 1 saturated heterocycles. The molecule has 0 spiro atoms. The van der Waals surface area contributed by atoms with Crippen molar-refractivity contribution >= 4 is 27.5 Å². The molecule has 0 atom stereocenters. The third kappa shape index (κ3) is 3.81. The van der Waals surface area contributed by atoms with E-state index in [9.17, 15) is 18.0 Å². The van der Waals surface area contributed by atoms with Gasteiger partial charge in [0.25, 0.3) is 0 Å². The number of anilines is 1. The van der Waals surface area contributed by atoms with E-state index in [0.29, 0.717) is 30.3 Å². The van der Waals surface area contributed by atoms with Crippen molar-refractivity contribution in [1.82, 2.24) is 4.57 Å². The predicted octanol–water partition coefficient (Wildman–Crippen LogP) is 3.02. The summed E-state index contributed by atoms with van der Waals surface area (Å²) in [6.45, 7) is 3.95. The van der Waals surface area contributed by atoms with Gasteiger partial charge in [0.15, 0.2) is 6.61 Å². The zero-order chi connectivity index (χ0) is 20.8. The number of ketones is 1. The highest BCUT2D eigenvalue weighted by Gasteiger charge is 2.30. The molecule has 0 amide bonds. The van der Waals surface area contributed by atoms with Crippen molar-refractivity contribution in [1.29, 1.82) is 0 Å². The summed E-state index contributed by atoms with van der Waals surface area (Å²) in [7, 11) is -3.33. The van der Waals surface area contributed by atoms with Gasteiger partial charge >= 0.3 is 5.97 Å². The lowest BCUT2D eigenvalue weighted by atomic mass is 10.1. The molecular formula is C21H24N2O5S. The van der Waals surface area contributed by atoms with Crippen LogP contribution in [0.5, 0.6) is 0 Å². The number of hydrogen-bond donors (Lipinski definition) is 0. The summed E-state index contributed by atoms with van der Waals surface area (Å²) in [5.74, 6) is -0.778. The van der Waals surface area contributed by atoms with Crippen molar-refractivity contribution in [3.63, 3.8) is 0 Å². The second-order valence-corrected chi connectivity index (χ2v) is 9.69. The molecule has 1 aromatic heterocycles. The number of benzene rings is 1. The molecule has 1 aliphatic heterocycles. The molecule has 2 aromatic rings. The molecule has 0 radical (unpaired) electrons. The summed E-state index contributed by atoms with van der Waals surface area (Å²) in [5, 5.41) is 0. The molecule has 0 unspecified atom stereocenters. The van der Waals surface area contributed by atoms with Crippen LogP contribution in [0.4, 0.5) is 5.69 Å². The van der Waals surface area contributed by atoms with Gasteiger partial charge in [0.1, 0.15) is 0 Å². The van der Waals surface area contributed by atoms with Crippen LogP contribution in [-0.4, -0.2) is 43.6 Å². The largest absolute Gasteiger partial charge is 0.454 e. The van der Waals surface area contributed by atoms with Gasteiger partial charge in [0.05, 0.1) is 17.0 Å². The quantitative estimate of drug-likeness (QED) is 0.534. The van der Waals surface area contributed by atoms with Crippen LogP contribution in [0, 0.1) is 13.8 Å². The van der Waals surface area contributed by atoms with Gasteiger partial charge in [-0.2, -0.15) is 0 Å². The average Bonchev–Trinajstić information content (AvgIpc) is 3.38. The summed E-state index contributed by atoms with van der Waals surface area (Å²) >= 11 is 0. The van der Waals surface area contributed by atoms with Crippen LogP contribution in [0.1, 0.15) is 57.4 Å². The smallest absolute Gasteiger partial charge is 0.338 e. The molecule has 7 nitrogen and oxygen atoms in total. The molecule has 2 fully saturated rings. The van der Waals surface area contributed by atoms with E-state index in [4.69, 9.17) is 4.74 Å². The minimum Gasteiger partial charge on any atom is -0.454 e. The third-order valence-electron chi connectivity index (χ3n) is 5.50. The monoisotopic (exact) mass is 416 g/mol. The molecule has 4 rings (SSSR count). The molecule has 1 saturated carbocycles. The first-order valence-electron chi connectivity index (χ1n) is 9.77. The highest BCUT2D eigenvalue weighted by molar-refractivity contribution is 7.93. The lowest BCUT2D eigenvalue weighted by molar-refractivity contribution is 0.0474. The highest BCUT2D eigenvalue weighted by atomic mass is 32.2. The molecule has 8 heteroatoms. The van der Waals surface area contributed by atoms with Gasteiger partial charge in [-0.1, -0.05) is 6.07 Å². The average molecular weight is 416 g/mol. The second-order valence-electron chi connectivity index (χ2n) is 7.68. The van der Waals surface area contributed by atoms with Crippen LogP contribution < -0.4 is 4.31 Å². The van der Waals surface area contributed by atoms with Gasteiger partial charge in [-0.15, -0.1) is 0 Å². The number of aryl methyl sites for hydroxylation is 1. The first-order chi connectivity index (χ1) is 13.8. The summed E-state index contributed by atoms with van der Waals surface area (Å²) in [6, 6.07) is 8.64. The van der Waals surface area contributed by atoms with Gasteiger partial charge in [-0.25, -0.2) is 13.2 Å². The molecule has 0 bridgehead atoms. The van der Waals surface area contributed by atoms with Crippen molar-refractivity contribution in [2.24, 2.45) is 0 Å². The van der Waals surface area contributed by atoms with E-state index in [2.05, 4.69) is 4.57 Å². The van der Waals surface area contributed by atoms with Crippen LogP contribution in [-0.2, 0) is 14.8 Å². The van der Waals surface area contributed by atoms with E-state index in [1.165, 1.54) is 10.4 Å². The van der Waals surface area contributed by atoms with Crippen molar-refractivity contribution < 1.29 is 22.7 Å². The number of carbonyl (C=O) groups excluding carboxylic acids is 2. The van der Waals surface area contributed by atoms with E-state index in [-0.39, 0.29) is 23.7 Å². The molecule has 1 aliphatic carbocycles. The minimum absolute atomic E-state index is 0.107. The van der Waals surface area contributed by atoms with Gasteiger partial charge < -0.3 is 9.30 Å². The zero-order valence-electron chi connectivity index (χ0n) is 16.6. The minimum atomic E-state index is -3.33. The molecule has 1 aromatic carbocycles. The number of sulfonamides is 1. The van der Waals surface area contributed by atoms with Crippen molar-refractivity contribution in [2.75, 3.05) is 23.2 Å². The Kier molecular flexibility index (Phi) is 4.98. The highest BCUT2D eigenvalue weighted by Crippen LogP contribution is 2.38. The Morgan fingerprint density at radius 1 is 1.17 bits per heavy atom. The Hall–Kier alpha value is -2.61. The third-order valence-corrected chi connectivity index (χ3v) is 7.37. The predicted molar refractivity (Wildman–Crippen MR) is 109 cm³/mol. The van der Waals surface area contributed by atoms with Crippen molar-refractivity contribution in [2.45, 2.75) is 39.2 Å². The maximum Gasteiger partial charge on any atom is 0.338 e. The van der Waals surface area contributed by atoms with E-state index in [0.717, 1.165) is 24.2 Å². The first-order valence-corrected chi connectivity index (χ1v) is 11.4. The molecule has 154 valence electrons. The summed E-state index contributed by atoms with van der Waals surface area (Å²) in [6.07, 6.45) is 2.81. The maximum atomic E-state index is 12.6. The Morgan fingerprint density at radius 2 is 1.93 bits per heavy atom. The van der Waals surface area contributed by atoms with Crippen LogP contribution >= 0.6 is 0 Å². The fourth-order valence-electron chi connectivity index (χ4n) is 3.96. The molecular weight excluding hydrogens is 392 g/mol. The number of esters is 1. The lowest BCUT2D eigenvalue weighted by Crippen LogP contribution is -2.25. The summed E-state index contributed by atoms with van der Waals surface area (Å²) in [4.78, 5) is 25.0. The van der Waals surface area contributed by atoms with Crippen LogP contribution in [0.3, 0.4) is 0 Å². The number of rotatable bonds is 6. The van der Waals surface area contributed by atoms with E-state index < -0.39 is 16.0 Å². The normalized spacial score (nSPS) is 18.1. The molecule has 2 heterocycles. The van der Waals surface area contributed by atoms with Crippen LogP contribution in [0.15, 0.2) is 30.3 Å². The van der Waals surface area contributed by atoms with Gasteiger partial charge in [-0.3, -0.25) is 9.10 Å². The molecule has 0 N–H and O–H groups in total. The zero-order valence-corrected chi connectivity index (χ0v) is 17.4. The molecule has 29 heavy (non-hydrogen) atoms. The van der Waals surface area contributed by atoms with E-state index in [1.54, 1.807) is 18.2 Å². The van der Waals surface area contributed by atoms with Gasteiger partial charge in [-0.05, 0) is 57.4 Å². The number of ether oxygens (including phenoxy) is 1. The number of carbonyl (C=O) groups is 2. The SMILES string of the molecule is Cc1cc(C(=O)COC(=O)c2cccc(N3CCCS3(=O)=O)c2)c(C)n1C1CC1. The van der Waals surface area contributed by atoms with Crippen molar-refractivity contribution in [3.05, 3.63) is 52.8 Å². The number of nitrogens with zero attached hydrogens (tertiary/aromatic N) is 2. The topological polar surface area (TPSA) is 85.7 Å². The fourth-order valence-corrected chi connectivity index (χ4v) is 5.52.